The molecule has 28 heavy (non-hydrogen) atoms. The fraction of sp³-hybridized carbons (Fsp3) is 0.333. The van der Waals surface area contributed by atoms with Crippen LogP contribution < -0.4 is 15.5 Å². The summed E-state index contributed by atoms with van der Waals surface area (Å²) in [5.74, 6) is -0.276. The van der Waals surface area contributed by atoms with Crippen LogP contribution >= 0.6 is 0 Å². The zero-order valence-electron chi connectivity index (χ0n) is 15.8. The Balaban J connectivity index is 1.45. The van der Waals surface area contributed by atoms with Crippen LogP contribution in [0.15, 0.2) is 42.6 Å². The van der Waals surface area contributed by atoms with Crippen LogP contribution in [-0.4, -0.2) is 36.4 Å². The quantitative estimate of drug-likeness (QED) is 0.796. The third kappa shape index (κ3) is 4.86. The molecule has 1 saturated heterocycles. The second kappa shape index (κ2) is 9.00. The maximum absolute atomic E-state index is 12.1. The first kappa shape index (κ1) is 19.4. The molecule has 0 unspecified atom stereocenters. The molecule has 1 fully saturated rings. The van der Waals surface area contributed by atoms with Gasteiger partial charge in [0.25, 0.3) is 0 Å². The van der Waals surface area contributed by atoms with Crippen molar-refractivity contribution in [2.24, 2.45) is 5.92 Å². The highest BCUT2D eigenvalue weighted by molar-refractivity contribution is 6.39. The first-order valence-corrected chi connectivity index (χ1v) is 9.32. The molecule has 0 atom stereocenters. The predicted octanol–water partition coefficient (Wildman–Crippen LogP) is 2.23. The summed E-state index contributed by atoms with van der Waals surface area (Å²) in [6.07, 6.45) is 3.41. The number of nitriles is 1. The number of rotatable bonds is 4. The van der Waals surface area contributed by atoms with E-state index in [1.165, 1.54) is 0 Å². The van der Waals surface area contributed by atoms with Gasteiger partial charge in [-0.25, -0.2) is 4.98 Å². The largest absolute Gasteiger partial charge is 0.356 e. The van der Waals surface area contributed by atoms with Crippen LogP contribution in [0.25, 0.3) is 0 Å². The average Bonchev–Trinajstić information content (AvgIpc) is 2.72. The Labute approximate surface area is 164 Å². The van der Waals surface area contributed by atoms with Gasteiger partial charge in [-0.3, -0.25) is 9.59 Å². The first-order valence-electron chi connectivity index (χ1n) is 9.32. The van der Waals surface area contributed by atoms with E-state index in [1.54, 1.807) is 24.4 Å². The monoisotopic (exact) mass is 377 g/mol. The van der Waals surface area contributed by atoms with Gasteiger partial charge in [-0.15, -0.1) is 0 Å². The zero-order chi connectivity index (χ0) is 19.9. The molecular formula is C21H23N5O2. The number of aromatic nitrogens is 1. The van der Waals surface area contributed by atoms with Crippen LogP contribution in [0.1, 0.15) is 24.0 Å². The van der Waals surface area contributed by atoms with Gasteiger partial charge in [0.05, 0.1) is 5.56 Å². The number of anilines is 2. The number of hydrogen-bond donors (Lipinski definition) is 2. The molecule has 3 rings (SSSR count). The van der Waals surface area contributed by atoms with Crippen LogP contribution in [0.4, 0.5) is 11.5 Å². The topological polar surface area (TPSA) is 98.1 Å². The summed E-state index contributed by atoms with van der Waals surface area (Å²) in [4.78, 5) is 30.5. The maximum Gasteiger partial charge on any atom is 0.313 e. The van der Waals surface area contributed by atoms with Gasteiger partial charge in [-0.2, -0.15) is 5.26 Å². The second-order valence-corrected chi connectivity index (χ2v) is 6.95. The fourth-order valence-electron chi connectivity index (χ4n) is 3.31. The number of nitrogens with zero attached hydrogens (tertiary/aromatic N) is 3. The van der Waals surface area contributed by atoms with Crippen LogP contribution in [0.2, 0.25) is 0 Å². The highest BCUT2D eigenvalue weighted by Gasteiger charge is 2.23. The molecule has 144 valence electrons. The lowest BCUT2D eigenvalue weighted by Gasteiger charge is -2.33. The van der Waals surface area contributed by atoms with E-state index in [4.69, 9.17) is 0 Å². The number of piperidine rings is 1. The number of pyridine rings is 1. The molecule has 0 spiro atoms. The van der Waals surface area contributed by atoms with E-state index in [0.717, 1.165) is 31.5 Å². The molecule has 2 amide bonds. The van der Waals surface area contributed by atoms with E-state index < -0.39 is 11.8 Å². The van der Waals surface area contributed by atoms with Gasteiger partial charge in [-0.05, 0) is 55.5 Å². The Bertz CT molecular complexity index is 898. The van der Waals surface area contributed by atoms with Crippen molar-refractivity contribution in [1.29, 1.82) is 5.26 Å². The van der Waals surface area contributed by atoms with Gasteiger partial charge >= 0.3 is 11.8 Å². The zero-order valence-corrected chi connectivity index (χ0v) is 15.8. The SMILES string of the molecule is Cc1cccc(NC(=O)C(=O)NCC2CCN(c3ncccc3C#N)CC2)c1. The second-order valence-electron chi connectivity index (χ2n) is 6.95. The Kier molecular flexibility index (Phi) is 6.22. The van der Waals surface area contributed by atoms with Gasteiger partial charge in [0, 0.05) is 31.5 Å². The lowest BCUT2D eigenvalue weighted by molar-refractivity contribution is -0.136. The summed E-state index contributed by atoms with van der Waals surface area (Å²) in [6.45, 7) is 3.91. The van der Waals surface area contributed by atoms with Crippen LogP contribution in [0.5, 0.6) is 0 Å². The minimum absolute atomic E-state index is 0.293. The summed E-state index contributed by atoms with van der Waals surface area (Å²) in [6, 6.07) is 13.0. The number of carbonyl (C=O) groups excluding carboxylic acids is 2. The van der Waals surface area contributed by atoms with Crippen molar-refractivity contribution in [2.75, 3.05) is 29.9 Å². The van der Waals surface area contributed by atoms with E-state index in [0.29, 0.717) is 29.5 Å². The summed E-state index contributed by atoms with van der Waals surface area (Å²) < 4.78 is 0. The fourth-order valence-corrected chi connectivity index (χ4v) is 3.31. The number of benzene rings is 1. The van der Waals surface area contributed by atoms with E-state index in [9.17, 15) is 14.9 Å². The summed E-state index contributed by atoms with van der Waals surface area (Å²) >= 11 is 0. The molecule has 2 heterocycles. The Morgan fingerprint density at radius 2 is 2.00 bits per heavy atom. The van der Waals surface area contributed by atoms with Crippen molar-refractivity contribution in [2.45, 2.75) is 19.8 Å². The van der Waals surface area contributed by atoms with Crippen molar-refractivity contribution < 1.29 is 9.59 Å². The molecule has 0 radical (unpaired) electrons. The Morgan fingerprint density at radius 1 is 1.21 bits per heavy atom. The van der Waals surface area contributed by atoms with Crippen molar-refractivity contribution in [1.82, 2.24) is 10.3 Å². The van der Waals surface area contributed by atoms with E-state index in [2.05, 4.69) is 26.6 Å². The lowest BCUT2D eigenvalue weighted by Crippen LogP contribution is -2.42. The van der Waals surface area contributed by atoms with Gasteiger partial charge < -0.3 is 15.5 Å². The Morgan fingerprint density at radius 3 is 2.71 bits per heavy atom. The van der Waals surface area contributed by atoms with Gasteiger partial charge in [0.2, 0.25) is 0 Å². The van der Waals surface area contributed by atoms with Crippen molar-refractivity contribution >= 4 is 23.3 Å². The number of aryl methyl sites for hydroxylation is 1. The van der Waals surface area contributed by atoms with Crippen LogP contribution in [0, 0.1) is 24.2 Å². The van der Waals surface area contributed by atoms with Crippen LogP contribution in [0.3, 0.4) is 0 Å². The summed E-state index contributed by atoms with van der Waals surface area (Å²) in [5, 5.41) is 14.6. The van der Waals surface area contributed by atoms with Crippen molar-refractivity contribution in [3.05, 3.63) is 53.7 Å². The lowest BCUT2D eigenvalue weighted by atomic mass is 9.96. The number of nitrogens with one attached hydrogen (secondary N) is 2. The molecule has 2 aromatic rings. The molecular weight excluding hydrogens is 354 g/mol. The molecule has 0 bridgehead atoms. The molecule has 1 aromatic heterocycles. The molecule has 1 aliphatic rings. The smallest absolute Gasteiger partial charge is 0.313 e. The molecule has 0 saturated carbocycles. The third-order valence-electron chi connectivity index (χ3n) is 4.85. The van der Waals surface area contributed by atoms with Crippen molar-refractivity contribution in [3.8, 4) is 6.07 Å². The van der Waals surface area contributed by atoms with Gasteiger partial charge in [0.15, 0.2) is 0 Å². The van der Waals surface area contributed by atoms with Gasteiger partial charge in [-0.1, -0.05) is 12.1 Å². The standard InChI is InChI=1S/C21H23N5O2/c1-15-4-2-6-18(12-15)25-21(28)20(27)24-14-16-7-10-26(11-8-16)19-17(13-22)5-3-9-23-19/h2-6,9,12,16H,7-8,10-11,14H2,1H3,(H,24,27)(H,25,28). The van der Waals surface area contributed by atoms with E-state index in [-0.39, 0.29) is 0 Å². The number of hydrogen-bond acceptors (Lipinski definition) is 5. The highest BCUT2D eigenvalue weighted by atomic mass is 16.2. The molecule has 0 aliphatic carbocycles. The van der Waals surface area contributed by atoms with E-state index in [1.807, 2.05) is 25.1 Å². The molecule has 1 aliphatic heterocycles. The molecule has 7 heteroatoms. The normalized spacial score (nSPS) is 14.2. The van der Waals surface area contributed by atoms with E-state index >= 15 is 0 Å². The summed E-state index contributed by atoms with van der Waals surface area (Å²) in [7, 11) is 0. The highest BCUT2D eigenvalue weighted by Crippen LogP contribution is 2.23. The average molecular weight is 377 g/mol. The number of amides is 2. The van der Waals surface area contributed by atoms with Gasteiger partial charge in [0.1, 0.15) is 11.9 Å². The van der Waals surface area contributed by atoms with Crippen molar-refractivity contribution in [3.63, 3.8) is 0 Å². The molecule has 7 nitrogen and oxygen atoms in total. The number of carbonyl (C=O) groups is 2. The Hall–Kier alpha value is -3.40. The predicted molar refractivity (Wildman–Crippen MR) is 107 cm³/mol. The minimum atomic E-state index is -0.657. The summed E-state index contributed by atoms with van der Waals surface area (Å²) in [5.41, 5.74) is 2.19. The molecule has 2 N–H and O–H groups in total. The molecule has 1 aromatic carbocycles. The third-order valence-corrected chi connectivity index (χ3v) is 4.85. The maximum atomic E-state index is 12.1. The van der Waals surface area contributed by atoms with Crippen LogP contribution in [-0.2, 0) is 9.59 Å². The first-order chi connectivity index (χ1) is 13.6. The minimum Gasteiger partial charge on any atom is -0.356 e.